The van der Waals surface area contributed by atoms with Crippen molar-refractivity contribution in [3.63, 3.8) is 0 Å². The van der Waals surface area contributed by atoms with Crippen LogP contribution in [0, 0.1) is 11.3 Å². The topological polar surface area (TPSA) is 83.9 Å². The molecule has 3 aromatic rings. The molecule has 6 heteroatoms. The van der Waals surface area contributed by atoms with E-state index >= 15 is 0 Å². The number of hydrogen-bond donors (Lipinski definition) is 1. The molecule has 1 heterocycles. The molecular weight excluding hydrogens is 400 g/mol. The fourth-order valence-corrected chi connectivity index (χ4v) is 3.97. The van der Waals surface area contributed by atoms with Gasteiger partial charge < -0.3 is 10.5 Å². The molecule has 162 valence electrons. The average molecular weight is 427 g/mol. The zero-order valence-corrected chi connectivity index (χ0v) is 18.2. The van der Waals surface area contributed by atoms with Gasteiger partial charge in [0.1, 0.15) is 11.9 Å². The van der Waals surface area contributed by atoms with E-state index in [1.54, 1.807) is 20.2 Å². The highest BCUT2D eigenvalue weighted by atomic mass is 16.7. The lowest BCUT2D eigenvalue weighted by Gasteiger charge is -2.26. The zero-order chi connectivity index (χ0) is 22.5. The van der Waals surface area contributed by atoms with Crippen LogP contribution in [0.4, 0.5) is 0 Å². The molecule has 4 rings (SSSR count). The van der Waals surface area contributed by atoms with Gasteiger partial charge in [-0.2, -0.15) is 5.26 Å². The Morgan fingerprint density at radius 3 is 2.62 bits per heavy atom. The molecule has 0 amide bonds. The van der Waals surface area contributed by atoms with Crippen molar-refractivity contribution in [3.05, 3.63) is 89.5 Å². The van der Waals surface area contributed by atoms with Gasteiger partial charge in [0.25, 0.3) is 0 Å². The second-order valence-corrected chi connectivity index (χ2v) is 7.77. The summed E-state index contributed by atoms with van der Waals surface area (Å²) in [6.45, 7) is 0.557. The number of rotatable bonds is 4. The van der Waals surface area contributed by atoms with Gasteiger partial charge in [0.2, 0.25) is 5.96 Å². The number of nitrogens with zero attached hydrogens (tertiary/aromatic N) is 3. The van der Waals surface area contributed by atoms with Gasteiger partial charge in [-0.25, -0.2) is 5.06 Å². The molecule has 2 N–H and O–H groups in total. The highest BCUT2D eigenvalue weighted by molar-refractivity contribution is 5.76. The predicted octanol–water partition coefficient (Wildman–Crippen LogP) is 4.64. The summed E-state index contributed by atoms with van der Waals surface area (Å²) in [6.07, 6.45) is 0.433. The van der Waals surface area contributed by atoms with Crippen molar-refractivity contribution < 1.29 is 9.57 Å². The first kappa shape index (κ1) is 21.4. The van der Waals surface area contributed by atoms with Crippen LogP contribution in [0.3, 0.4) is 0 Å². The molecule has 1 aliphatic heterocycles. The van der Waals surface area contributed by atoms with Crippen LogP contribution in [0.1, 0.15) is 35.1 Å². The number of hydroxylamine groups is 2. The first-order valence-corrected chi connectivity index (χ1v) is 10.5. The van der Waals surface area contributed by atoms with E-state index in [4.69, 9.17) is 15.3 Å². The summed E-state index contributed by atoms with van der Waals surface area (Å²) < 4.78 is 6.24. The second-order valence-electron chi connectivity index (χ2n) is 7.77. The van der Waals surface area contributed by atoms with Crippen molar-refractivity contribution in [2.45, 2.75) is 18.4 Å². The van der Waals surface area contributed by atoms with Crippen molar-refractivity contribution in [2.75, 3.05) is 20.7 Å². The first-order chi connectivity index (χ1) is 15.6. The predicted molar refractivity (Wildman–Crippen MR) is 125 cm³/mol. The molecule has 0 aliphatic carbocycles. The Bertz CT molecular complexity index is 1150. The van der Waals surface area contributed by atoms with Gasteiger partial charge in [0, 0.05) is 25.6 Å². The molecule has 0 bridgehead atoms. The monoisotopic (exact) mass is 426 g/mol. The molecule has 3 aromatic carbocycles. The molecule has 2 atom stereocenters. The van der Waals surface area contributed by atoms with Gasteiger partial charge in [-0.3, -0.25) is 9.83 Å². The molecule has 0 saturated carbocycles. The highest BCUT2D eigenvalue weighted by Gasteiger charge is 2.29. The summed E-state index contributed by atoms with van der Waals surface area (Å²) in [4.78, 5) is 10.3. The van der Waals surface area contributed by atoms with Gasteiger partial charge in [-0.05, 0) is 47.4 Å². The third-order valence-electron chi connectivity index (χ3n) is 5.73. The molecule has 2 unspecified atom stereocenters. The third-order valence-corrected chi connectivity index (χ3v) is 5.73. The average Bonchev–Trinajstić information content (AvgIpc) is 3.03. The minimum atomic E-state index is -0.290. The van der Waals surface area contributed by atoms with Crippen LogP contribution in [-0.4, -0.2) is 31.7 Å². The number of nitriles is 1. The Morgan fingerprint density at radius 2 is 1.88 bits per heavy atom. The quantitative estimate of drug-likeness (QED) is 0.373. The molecule has 1 aliphatic rings. The maximum absolute atomic E-state index is 9.27. The summed E-state index contributed by atoms with van der Waals surface area (Å²) in [5, 5.41) is 10.8. The second kappa shape index (κ2) is 9.54. The minimum absolute atomic E-state index is 0.159. The fourth-order valence-electron chi connectivity index (χ4n) is 3.97. The Balaban J connectivity index is 1.73. The van der Waals surface area contributed by atoms with Gasteiger partial charge in [0.15, 0.2) is 0 Å². The number of aliphatic imine (C=N–C) groups is 1. The minimum Gasteiger partial charge on any atom is -0.493 e. The van der Waals surface area contributed by atoms with Crippen molar-refractivity contribution in [2.24, 2.45) is 10.7 Å². The van der Waals surface area contributed by atoms with E-state index in [9.17, 15) is 5.26 Å². The smallest absolute Gasteiger partial charge is 0.215 e. The van der Waals surface area contributed by atoms with Crippen molar-refractivity contribution in [3.8, 4) is 22.9 Å². The Kier molecular flexibility index (Phi) is 6.39. The van der Waals surface area contributed by atoms with Crippen LogP contribution in [0.25, 0.3) is 11.1 Å². The Labute approximate surface area is 188 Å². The molecule has 0 aromatic heterocycles. The summed E-state index contributed by atoms with van der Waals surface area (Å²) >= 11 is 0. The van der Waals surface area contributed by atoms with Crippen LogP contribution in [0.5, 0.6) is 5.75 Å². The Morgan fingerprint density at radius 1 is 1.09 bits per heavy atom. The van der Waals surface area contributed by atoms with Gasteiger partial charge in [-0.1, -0.05) is 48.5 Å². The van der Waals surface area contributed by atoms with E-state index in [1.807, 2.05) is 48.5 Å². The molecule has 6 nitrogen and oxygen atoms in total. The van der Waals surface area contributed by atoms with Crippen molar-refractivity contribution in [1.29, 1.82) is 5.26 Å². The van der Waals surface area contributed by atoms with Crippen molar-refractivity contribution >= 4 is 5.96 Å². The number of hydrogen-bond acceptors (Lipinski definition) is 4. The van der Waals surface area contributed by atoms with Crippen LogP contribution in [0.15, 0.2) is 77.8 Å². The van der Waals surface area contributed by atoms with Crippen molar-refractivity contribution in [1.82, 2.24) is 5.06 Å². The van der Waals surface area contributed by atoms with Crippen LogP contribution in [0.2, 0.25) is 0 Å². The summed E-state index contributed by atoms with van der Waals surface area (Å²) in [7, 11) is 3.39. The number of fused-ring (bicyclic) bond motifs is 1. The Hall–Kier alpha value is -3.82. The van der Waals surface area contributed by atoms with Crippen LogP contribution < -0.4 is 10.5 Å². The molecule has 0 fully saturated rings. The number of ether oxygens (including phenoxy) is 1. The molecular formula is C26H26N4O2. The standard InChI is InChI=1S/C26H26N4O2/c1-29-26(28)30(2)32-25-15-22(19-8-4-3-5-9-19)17-31-24-12-11-21(14-23(24)25)20-10-6-7-18(13-20)16-27/h3-14,22,25H,15,17H2,1-2H3,(H2,28,29). The fraction of sp³-hybridized carbons (Fsp3) is 0.231. The van der Waals surface area contributed by atoms with Gasteiger partial charge in [-0.15, -0.1) is 0 Å². The van der Waals surface area contributed by atoms with Gasteiger partial charge in [0.05, 0.1) is 18.2 Å². The maximum atomic E-state index is 9.27. The molecule has 0 radical (unpaired) electrons. The van der Waals surface area contributed by atoms with Crippen LogP contribution in [-0.2, 0) is 4.84 Å². The third kappa shape index (κ3) is 4.58. The van der Waals surface area contributed by atoms with E-state index in [-0.39, 0.29) is 12.0 Å². The van der Waals surface area contributed by atoms with E-state index in [0.29, 0.717) is 18.1 Å². The lowest BCUT2D eigenvalue weighted by molar-refractivity contribution is -0.137. The van der Waals surface area contributed by atoms with E-state index in [0.717, 1.165) is 28.9 Å². The maximum Gasteiger partial charge on any atom is 0.215 e. The number of nitrogens with two attached hydrogens (primary N) is 1. The number of guanidine groups is 1. The molecule has 0 spiro atoms. The largest absolute Gasteiger partial charge is 0.493 e. The number of benzene rings is 3. The summed E-state index contributed by atoms with van der Waals surface area (Å²) in [5.74, 6) is 1.24. The highest BCUT2D eigenvalue weighted by Crippen LogP contribution is 2.41. The van der Waals surface area contributed by atoms with Crippen LogP contribution >= 0.6 is 0 Å². The molecule has 32 heavy (non-hydrogen) atoms. The van der Waals surface area contributed by atoms with E-state index in [1.165, 1.54) is 10.6 Å². The lowest BCUT2D eigenvalue weighted by atomic mass is 9.91. The van der Waals surface area contributed by atoms with Gasteiger partial charge >= 0.3 is 0 Å². The lowest BCUT2D eigenvalue weighted by Crippen LogP contribution is -2.35. The summed E-state index contributed by atoms with van der Waals surface area (Å²) in [5.41, 5.74) is 10.7. The molecule has 0 saturated heterocycles. The van der Waals surface area contributed by atoms with E-state index in [2.05, 4.69) is 29.3 Å². The summed E-state index contributed by atoms with van der Waals surface area (Å²) in [6, 6.07) is 26.2. The zero-order valence-electron chi connectivity index (χ0n) is 18.2. The normalized spacial score (nSPS) is 18.1. The first-order valence-electron chi connectivity index (χ1n) is 10.5. The SMILES string of the molecule is C/N=C(/N)N(C)OC1CC(c2ccccc2)COc2ccc(-c3cccc(C#N)c3)cc21. The van der Waals surface area contributed by atoms with E-state index < -0.39 is 0 Å².